The molecule has 0 aliphatic rings. The van der Waals surface area contributed by atoms with Crippen molar-refractivity contribution in [1.82, 2.24) is 15.6 Å². The fraction of sp³-hybridized carbons (Fsp3) is 0.429. The van der Waals surface area contributed by atoms with Crippen molar-refractivity contribution in [2.45, 2.75) is 33.6 Å². The molecule has 0 atom stereocenters. The first-order valence-corrected chi connectivity index (χ1v) is 9.19. The topological polar surface area (TPSA) is 58.5 Å². The first-order chi connectivity index (χ1) is 12.6. The number of guanidine groups is 1. The van der Waals surface area contributed by atoms with Crippen LogP contribution in [0, 0.1) is 13.8 Å². The standard InChI is InChI=1S/C21H30N4O/c1-5-23-21(25-13-10-19-9-11-22-15-17(19)3)24-12-8-18-7-6-16(2)20(14-18)26-4/h6-7,9,11,14-15H,5,8,10,12-13H2,1-4H3,(H2,23,24,25). The molecule has 0 saturated heterocycles. The lowest BCUT2D eigenvalue weighted by molar-refractivity contribution is 0.411. The molecule has 1 heterocycles. The molecule has 0 unspecified atom stereocenters. The summed E-state index contributed by atoms with van der Waals surface area (Å²) in [5, 5.41) is 6.71. The number of aliphatic imine (C=N–C) groups is 1. The highest BCUT2D eigenvalue weighted by Gasteiger charge is 2.02. The number of ether oxygens (including phenoxy) is 1. The molecule has 26 heavy (non-hydrogen) atoms. The minimum Gasteiger partial charge on any atom is -0.496 e. The third-order valence-corrected chi connectivity index (χ3v) is 4.31. The maximum atomic E-state index is 5.40. The second kappa shape index (κ2) is 10.4. The van der Waals surface area contributed by atoms with Crippen molar-refractivity contribution < 1.29 is 4.74 Å². The molecule has 0 fully saturated rings. The largest absolute Gasteiger partial charge is 0.496 e. The van der Waals surface area contributed by atoms with Crippen LogP contribution >= 0.6 is 0 Å². The van der Waals surface area contributed by atoms with E-state index in [1.165, 1.54) is 16.7 Å². The van der Waals surface area contributed by atoms with Gasteiger partial charge in [-0.3, -0.25) is 9.98 Å². The first-order valence-electron chi connectivity index (χ1n) is 9.19. The lowest BCUT2D eigenvalue weighted by atomic mass is 10.1. The number of nitrogens with zero attached hydrogens (tertiary/aromatic N) is 2. The highest BCUT2D eigenvalue weighted by Crippen LogP contribution is 2.18. The Labute approximate surface area is 156 Å². The summed E-state index contributed by atoms with van der Waals surface area (Å²) in [6.45, 7) is 8.64. The zero-order chi connectivity index (χ0) is 18.8. The average Bonchev–Trinajstić information content (AvgIpc) is 2.64. The summed E-state index contributed by atoms with van der Waals surface area (Å²) in [6, 6.07) is 8.42. The minimum atomic E-state index is 0.749. The van der Waals surface area contributed by atoms with E-state index in [1.807, 2.05) is 12.4 Å². The second-order valence-electron chi connectivity index (χ2n) is 6.29. The molecule has 2 rings (SSSR count). The molecule has 0 amide bonds. The smallest absolute Gasteiger partial charge is 0.191 e. The van der Waals surface area contributed by atoms with Gasteiger partial charge in [0.2, 0.25) is 0 Å². The molecule has 2 N–H and O–H groups in total. The molecule has 140 valence electrons. The number of rotatable bonds is 8. The third-order valence-electron chi connectivity index (χ3n) is 4.31. The number of aromatic nitrogens is 1. The molecular formula is C21H30N4O. The first kappa shape index (κ1) is 19.8. The number of methoxy groups -OCH3 is 1. The Hall–Kier alpha value is -2.56. The number of nitrogens with one attached hydrogen (secondary N) is 2. The summed E-state index contributed by atoms with van der Waals surface area (Å²) < 4.78 is 5.40. The van der Waals surface area contributed by atoms with Crippen LogP contribution in [0.25, 0.3) is 0 Å². The number of pyridine rings is 1. The molecule has 0 saturated carbocycles. The van der Waals surface area contributed by atoms with E-state index in [1.54, 1.807) is 7.11 Å². The lowest BCUT2D eigenvalue weighted by Gasteiger charge is -2.12. The third kappa shape index (κ3) is 6.06. The Kier molecular flexibility index (Phi) is 7.93. The van der Waals surface area contributed by atoms with Gasteiger partial charge in [0.05, 0.1) is 7.11 Å². The van der Waals surface area contributed by atoms with Crippen molar-refractivity contribution in [2.24, 2.45) is 4.99 Å². The van der Waals surface area contributed by atoms with Gasteiger partial charge >= 0.3 is 0 Å². The van der Waals surface area contributed by atoms with E-state index >= 15 is 0 Å². The van der Waals surface area contributed by atoms with Crippen molar-refractivity contribution in [2.75, 3.05) is 26.7 Å². The van der Waals surface area contributed by atoms with E-state index < -0.39 is 0 Å². The van der Waals surface area contributed by atoms with Crippen LogP contribution < -0.4 is 15.4 Å². The maximum Gasteiger partial charge on any atom is 0.191 e. The van der Waals surface area contributed by atoms with E-state index in [2.05, 4.69) is 65.6 Å². The lowest BCUT2D eigenvalue weighted by Crippen LogP contribution is -2.38. The van der Waals surface area contributed by atoms with Crippen LogP contribution in [0.4, 0.5) is 0 Å². The summed E-state index contributed by atoms with van der Waals surface area (Å²) >= 11 is 0. The Morgan fingerprint density at radius 2 is 1.96 bits per heavy atom. The van der Waals surface area contributed by atoms with Crippen molar-refractivity contribution in [1.29, 1.82) is 0 Å². The predicted octanol–water partition coefficient (Wildman–Crippen LogP) is 3.05. The Morgan fingerprint density at radius 3 is 2.69 bits per heavy atom. The van der Waals surface area contributed by atoms with Gasteiger partial charge in [-0.1, -0.05) is 12.1 Å². The van der Waals surface area contributed by atoms with Crippen LogP contribution in [0.3, 0.4) is 0 Å². The maximum absolute atomic E-state index is 5.40. The fourth-order valence-corrected chi connectivity index (χ4v) is 2.76. The van der Waals surface area contributed by atoms with Gasteiger partial charge in [0, 0.05) is 32.0 Å². The second-order valence-corrected chi connectivity index (χ2v) is 6.29. The van der Waals surface area contributed by atoms with Gasteiger partial charge in [-0.05, 0) is 68.0 Å². The van der Waals surface area contributed by atoms with Gasteiger partial charge in [0.1, 0.15) is 5.75 Å². The van der Waals surface area contributed by atoms with Crippen LogP contribution in [-0.2, 0) is 12.8 Å². The molecule has 1 aromatic carbocycles. The Bertz CT molecular complexity index is 728. The van der Waals surface area contributed by atoms with E-state index in [0.29, 0.717) is 0 Å². The van der Waals surface area contributed by atoms with E-state index in [-0.39, 0.29) is 0 Å². The summed E-state index contributed by atoms with van der Waals surface area (Å²) in [5.74, 6) is 1.80. The van der Waals surface area contributed by atoms with Gasteiger partial charge in [-0.15, -0.1) is 0 Å². The van der Waals surface area contributed by atoms with E-state index in [4.69, 9.17) is 4.74 Å². The minimum absolute atomic E-state index is 0.749. The van der Waals surface area contributed by atoms with Crippen molar-refractivity contribution in [3.8, 4) is 5.75 Å². The molecule has 5 heteroatoms. The summed E-state index contributed by atoms with van der Waals surface area (Å²) in [4.78, 5) is 8.81. The predicted molar refractivity (Wildman–Crippen MR) is 108 cm³/mol. The highest BCUT2D eigenvalue weighted by molar-refractivity contribution is 5.79. The quantitative estimate of drug-likeness (QED) is 0.565. The average molecular weight is 354 g/mol. The van der Waals surface area contributed by atoms with Crippen LogP contribution in [-0.4, -0.2) is 37.7 Å². The molecular weight excluding hydrogens is 324 g/mol. The van der Waals surface area contributed by atoms with Gasteiger partial charge in [0.15, 0.2) is 5.96 Å². The Balaban J connectivity index is 1.86. The molecule has 1 aromatic heterocycles. The zero-order valence-corrected chi connectivity index (χ0v) is 16.3. The van der Waals surface area contributed by atoms with Crippen LogP contribution in [0.2, 0.25) is 0 Å². The zero-order valence-electron chi connectivity index (χ0n) is 16.3. The van der Waals surface area contributed by atoms with Gasteiger partial charge in [-0.2, -0.15) is 0 Å². The van der Waals surface area contributed by atoms with Crippen LogP contribution in [0.5, 0.6) is 5.75 Å². The molecule has 0 spiro atoms. The molecule has 5 nitrogen and oxygen atoms in total. The fourth-order valence-electron chi connectivity index (χ4n) is 2.76. The van der Waals surface area contributed by atoms with Crippen LogP contribution in [0.1, 0.15) is 29.2 Å². The summed E-state index contributed by atoms with van der Waals surface area (Å²) in [5.41, 5.74) is 4.93. The molecule has 2 aromatic rings. The Morgan fingerprint density at radius 1 is 1.12 bits per heavy atom. The van der Waals surface area contributed by atoms with Crippen molar-refractivity contribution in [3.63, 3.8) is 0 Å². The van der Waals surface area contributed by atoms with E-state index in [0.717, 1.165) is 49.7 Å². The summed E-state index contributed by atoms with van der Waals surface area (Å²) in [7, 11) is 1.71. The summed E-state index contributed by atoms with van der Waals surface area (Å²) in [6.07, 6.45) is 5.58. The van der Waals surface area contributed by atoms with Gasteiger partial charge < -0.3 is 15.4 Å². The van der Waals surface area contributed by atoms with Gasteiger partial charge in [-0.25, -0.2) is 0 Å². The van der Waals surface area contributed by atoms with Crippen molar-refractivity contribution >= 4 is 5.96 Å². The normalized spacial score (nSPS) is 11.3. The number of aryl methyl sites for hydroxylation is 2. The molecule has 0 aliphatic heterocycles. The van der Waals surface area contributed by atoms with E-state index in [9.17, 15) is 0 Å². The number of benzene rings is 1. The number of hydrogen-bond donors (Lipinski definition) is 2. The highest BCUT2D eigenvalue weighted by atomic mass is 16.5. The van der Waals surface area contributed by atoms with Crippen LogP contribution in [0.15, 0.2) is 41.7 Å². The number of hydrogen-bond acceptors (Lipinski definition) is 3. The monoisotopic (exact) mass is 354 g/mol. The molecule has 0 bridgehead atoms. The van der Waals surface area contributed by atoms with Gasteiger partial charge in [0.25, 0.3) is 0 Å². The van der Waals surface area contributed by atoms with Crippen molar-refractivity contribution in [3.05, 3.63) is 58.9 Å². The molecule has 0 radical (unpaired) electrons. The SMILES string of the molecule is CCNC(=NCCc1ccncc1C)NCCc1ccc(C)c(OC)c1. The molecule has 0 aliphatic carbocycles.